The van der Waals surface area contributed by atoms with Crippen molar-refractivity contribution >= 4 is 49.0 Å². The third kappa shape index (κ3) is 1.58. The van der Waals surface area contributed by atoms with Gasteiger partial charge in [-0.05, 0) is 21.9 Å². The van der Waals surface area contributed by atoms with Crippen molar-refractivity contribution in [3.63, 3.8) is 0 Å². The molecular formula is C10H8BrClOS. The Morgan fingerprint density at radius 2 is 2.14 bits per heavy atom. The molecule has 0 spiro atoms. The summed E-state index contributed by atoms with van der Waals surface area (Å²) in [4.78, 5) is 0. The van der Waals surface area contributed by atoms with E-state index in [2.05, 4.69) is 15.9 Å². The van der Waals surface area contributed by atoms with Crippen LogP contribution in [-0.4, -0.2) is 5.11 Å². The standard InChI is InChI=1S/C10H8BrClOS/c11-3-6-1-2-8-7(4-13)5-14-10(8)9(6)12/h1-2,5,13H,3-4H2. The van der Waals surface area contributed by atoms with Gasteiger partial charge in [0.15, 0.2) is 0 Å². The first-order valence-corrected chi connectivity index (χ1v) is 6.50. The summed E-state index contributed by atoms with van der Waals surface area (Å²) in [7, 11) is 0. The van der Waals surface area contributed by atoms with Crippen molar-refractivity contribution in [2.24, 2.45) is 0 Å². The smallest absolute Gasteiger partial charge is 0.0696 e. The monoisotopic (exact) mass is 290 g/mol. The Bertz CT molecular complexity index is 466. The summed E-state index contributed by atoms with van der Waals surface area (Å²) in [5.74, 6) is 0. The Morgan fingerprint density at radius 1 is 1.36 bits per heavy atom. The molecule has 1 nitrogen and oxygen atoms in total. The van der Waals surface area contributed by atoms with Gasteiger partial charge in [-0.25, -0.2) is 0 Å². The highest BCUT2D eigenvalue weighted by Crippen LogP contribution is 2.35. The lowest BCUT2D eigenvalue weighted by atomic mass is 10.1. The van der Waals surface area contributed by atoms with Crippen molar-refractivity contribution < 1.29 is 5.11 Å². The van der Waals surface area contributed by atoms with E-state index < -0.39 is 0 Å². The summed E-state index contributed by atoms with van der Waals surface area (Å²) in [5.41, 5.74) is 2.04. The van der Waals surface area contributed by atoms with Gasteiger partial charge in [0.05, 0.1) is 16.3 Å². The first-order valence-electron chi connectivity index (χ1n) is 4.12. The molecule has 0 atom stereocenters. The van der Waals surface area contributed by atoms with Gasteiger partial charge in [-0.2, -0.15) is 0 Å². The molecule has 0 bridgehead atoms. The minimum Gasteiger partial charge on any atom is -0.392 e. The van der Waals surface area contributed by atoms with Gasteiger partial charge in [0, 0.05) is 5.33 Å². The highest BCUT2D eigenvalue weighted by atomic mass is 79.9. The van der Waals surface area contributed by atoms with E-state index in [4.69, 9.17) is 16.7 Å². The average Bonchev–Trinajstić information content (AvgIpc) is 2.62. The van der Waals surface area contributed by atoms with Crippen LogP contribution in [0.2, 0.25) is 5.02 Å². The van der Waals surface area contributed by atoms with Crippen molar-refractivity contribution in [3.8, 4) is 0 Å². The molecule has 1 heterocycles. The second-order valence-electron chi connectivity index (χ2n) is 2.97. The number of rotatable bonds is 2. The molecular weight excluding hydrogens is 284 g/mol. The van der Waals surface area contributed by atoms with Crippen LogP contribution in [0.15, 0.2) is 17.5 Å². The van der Waals surface area contributed by atoms with Gasteiger partial charge in [0.25, 0.3) is 0 Å². The van der Waals surface area contributed by atoms with Crippen LogP contribution in [0.3, 0.4) is 0 Å². The number of halogens is 2. The Hall–Kier alpha value is -0.0900. The Kier molecular flexibility index (Phi) is 3.12. The van der Waals surface area contributed by atoms with Gasteiger partial charge in [-0.3, -0.25) is 0 Å². The van der Waals surface area contributed by atoms with Gasteiger partial charge in [0.2, 0.25) is 0 Å². The highest BCUT2D eigenvalue weighted by Gasteiger charge is 2.09. The lowest BCUT2D eigenvalue weighted by Crippen LogP contribution is -1.82. The maximum atomic E-state index is 9.10. The van der Waals surface area contributed by atoms with Crippen LogP contribution in [0.25, 0.3) is 10.1 Å². The van der Waals surface area contributed by atoms with Crippen molar-refractivity contribution in [3.05, 3.63) is 33.7 Å². The fraction of sp³-hybridized carbons (Fsp3) is 0.200. The third-order valence-electron chi connectivity index (χ3n) is 2.16. The number of aliphatic hydroxyl groups excluding tert-OH is 1. The second kappa shape index (κ2) is 4.19. The summed E-state index contributed by atoms with van der Waals surface area (Å²) < 4.78 is 1.06. The molecule has 14 heavy (non-hydrogen) atoms. The molecule has 2 rings (SSSR count). The van der Waals surface area contributed by atoms with Gasteiger partial charge in [-0.1, -0.05) is 39.7 Å². The molecule has 0 fully saturated rings. The molecule has 0 aliphatic rings. The molecule has 1 N–H and O–H groups in total. The number of hydrogen-bond donors (Lipinski definition) is 1. The summed E-state index contributed by atoms with van der Waals surface area (Å²) >= 11 is 11.2. The van der Waals surface area contributed by atoms with E-state index in [-0.39, 0.29) is 6.61 Å². The van der Waals surface area contributed by atoms with Crippen molar-refractivity contribution in [2.45, 2.75) is 11.9 Å². The van der Waals surface area contributed by atoms with Crippen LogP contribution in [-0.2, 0) is 11.9 Å². The maximum absolute atomic E-state index is 9.10. The Labute approximate surface area is 99.4 Å². The predicted molar refractivity (Wildman–Crippen MR) is 65.4 cm³/mol. The average molecular weight is 292 g/mol. The summed E-state index contributed by atoms with van der Waals surface area (Å²) in [6, 6.07) is 4.01. The zero-order chi connectivity index (χ0) is 10.1. The van der Waals surface area contributed by atoms with Gasteiger partial charge >= 0.3 is 0 Å². The first-order chi connectivity index (χ1) is 6.77. The molecule has 2 aromatic rings. The van der Waals surface area contributed by atoms with Crippen LogP contribution < -0.4 is 0 Å². The summed E-state index contributed by atoms with van der Waals surface area (Å²) in [5, 5.41) is 13.7. The molecule has 0 radical (unpaired) electrons. The molecule has 4 heteroatoms. The molecule has 74 valence electrons. The SMILES string of the molecule is OCc1csc2c(Cl)c(CBr)ccc12. The number of hydrogen-bond acceptors (Lipinski definition) is 2. The number of alkyl halides is 1. The van der Waals surface area contributed by atoms with Gasteiger partial charge < -0.3 is 5.11 Å². The van der Waals surface area contributed by atoms with Gasteiger partial charge in [0.1, 0.15) is 0 Å². The minimum atomic E-state index is 0.0734. The maximum Gasteiger partial charge on any atom is 0.0696 e. The highest BCUT2D eigenvalue weighted by molar-refractivity contribution is 9.08. The number of aliphatic hydroxyl groups is 1. The second-order valence-corrected chi connectivity index (χ2v) is 4.79. The van der Waals surface area contributed by atoms with Gasteiger partial charge in [-0.15, -0.1) is 11.3 Å². The lowest BCUT2D eigenvalue weighted by molar-refractivity contribution is 0.284. The van der Waals surface area contributed by atoms with E-state index >= 15 is 0 Å². The van der Waals surface area contributed by atoms with Crippen LogP contribution in [0.5, 0.6) is 0 Å². The van der Waals surface area contributed by atoms with E-state index in [1.54, 1.807) is 11.3 Å². The minimum absolute atomic E-state index is 0.0734. The van der Waals surface area contributed by atoms with E-state index in [1.807, 2.05) is 17.5 Å². The zero-order valence-corrected chi connectivity index (χ0v) is 10.4. The molecule has 0 saturated carbocycles. The molecule has 0 aliphatic heterocycles. The predicted octanol–water partition coefficient (Wildman–Crippen LogP) is 3.94. The van der Waals surface area contributed by atoms with E-state index in [9.17, 15) is 0 Å². The van der Waals surface area contributed by atoms with Crippen molar-refractivity contribution in [1.82, 2.24) is 0 Å². The van der Waals surface area contributed by atoms with Crippen LogP contribution in [0, 0.1) is 0 Å². The Morgan fingerprint density at radius 3 is 2.79 bits per heavy atom. The van der Waals surface area contributed by atoms with Crippen LogP contribution >= 0.6 is 38.9 Å². The molecule has 0 aliphatic carbocycles. The number of benzene rings is 1. The third-order valence-corrected chi connectivity index (χ3v) is 4.37. The fourth-order valence-corrected chi connectivity index (χ4v) is 3.40. The van der Waals surface area contributed by atoms with Crippen LogP contribution in [0.1, 0.15) is 11.1 Å². The largest absolute Gasteiger partial charge is 0.392 e. The molecule has 1 aromatic carbocycles. The number of thiophene rings is 1. The molecule has 0 saturated heterocycles. The zero-order valence-electron chi connectivity index (χ0n) is 7.26. The first kappa shape index (κ1) is 10.4. The normalized spacial score (nSPS) is 11.1. The summed E-state index contributed by atoms with van der Waals surface area (Å²) in [6.45, 7) is 0.0734. The van der Waals surface area contributed by atoms with Crippen molar-refractivity contribution in [2.75, 3.05) is 0 Å². The molecule has 0 amide bonds. The summed E-state index contributed by atoms with van der Waals surface area (Å²) in [6.07, 6.45) is 0. The topological polar surface area (TPSA) is 20.2 Å². The van der Waals surface area contributed by atoms with E-state index in [0.717, 1.165) is 31.6 Å². The van der Waals surface area contributed by atoms with Crippen LogP contribution in [0.4, 0.5) is 0 Å². The number of fused-ring (bicyclic) bond motifs is 1. The lowest BCUT2D eigenvalue weighted by Gasteiger charge is -2.01. The quantitative estimate of drug-likeness (QED) is 0.831. The fourth-order valence-electron chi connectivity index (χ4n) is 1.38. The van der Waals surface area contributed by atoms with E-state index in [1.165, 1.54) is 0 Å². The molecule has 0 unspecified atom stereocenters. The molecule has 1 aromatic heterocycles. The Balaban J connectivity index is 2.72. The van der Waals surface area contributed by atoms with E-state index in [0.29, 0.717) is 0 Å². The van der Waals surface area contributed by atoms with Crippen molar-refractivity contribution in [1.29, 1.82) is 0 Å².